The van der Waals surface area contributed by atoms with Crippen molar-refractivity contribution in [3.8, 4) is 6.07 Å². The molecular formula is C22H31NO. The highest BCUT2D eigenvalue weighted by molar-refractivity contribution is 5.82. The lowest BCUT2D eigenvalue weighted by atomic mass is 9.44. The van der Waals surface area contributed by atoms with Crippen molar-refractivity contribution in [2.45, 2.75) is 72.1 Å². The third-order valence-electron chi connectivity index (χ3n) is 8.90. The van der Waals surface area contributed by atoms with Gasteiger partial charge in [0.2, 0.25) is 0 Å². The van der Waals surface area contributed by atoms with E-state index in [2.05, 4.69) is 26.8 Å². The first-order chi connectivity index (χ1) is 11.4. The third-order valence-corrected chi connectivity index (χ3v) is 8.90. The average Bonchev–Trinajstić information content (AvgIpc) is 2.86. The molecule has 7 atom stereocenters. The molecular weight excluding hydrogens is 294 g/mol. The first-order valence-electron chi connectivity index (χ1n) is 10.0. The summed E-state index contributed by atoms with van der Waals surface area (Å²) in [5.74, 6) is 3.78. The van der Waals surface area contributed by atoms with Gasteiger partial charge in [0.25, 0.3) is 0 Å². The van der Waals surface area contributed by atoms with E-state index < -0.39 is 0 Å². The quantitative estimate of drug-likeness (QED) is 0.567. The summed E-state index contributed by atoms with van der Waals surface area (Å²) in [7, 11) is 0. The molecule has 4 saturated carbocycles. The number of fused-ring (bicyclic) bond motifs is 5. The van der Waals surface area contributed by atoms with Gasteiger partial charge in [-0.1, -0.05) is 26.3 Å². The monoisotopic (exact) mass is 325 g/mol. The zero-order valence-corrected chi connectivity index (χ0v) is 15.5. The first-order valence-corrected chi connectivity index (χ1v) is 10.0. The van der Waals surface area contributed by atoms with E-state index in [0.29, 0.717) is 17.1 Å². The second-order valence-electron chi connectivity index (χ2n) is 9.73. The van der Waals surface area contributed by atoms with Crippen molar-refractivity contribution in [2.24, 2.45) is 40.4 Å². The van der Waals surface area contributed by atoms with Crippen LogP contribution in [0.2, 0.25) is 0 Å². The molecule has 3 unspecified atom stereocenters. The summed E-state index contributed by atoms with van der Waals surface area (Å²) < 4.78 is 0. The van der Waals surface area contributed by atoms with Crippen molar-refractivity contribution in [1.82, 2.24) is 0 Å². The van der Waals surface area contributed by atoms with Gasteiger partial charge in [0.15, 0.2) is 0 Å². The van der Waals surface area contributed by atoms with Gasteiger partial charge < -0.3 is 0 Å². The number of nitrogens with zero attached hydrogens (tertiary/aromatic N) is 1. The molecule has 4 aliphatic carbocycles. The largest absolute Gasteiger partial charge is 0.299 e. The Hall–Kier alpha value is -1.10. The summed E-state index contributed by atoms with van der Waals surface area (Å²) in [6.07, 6.45) is 11.3. The number of Topliss-reactive ketones (excluding diaryl/α,β-unsaturated/α-hetero) is 1. The van der Waals surface area contributed by atoms with Crippen LogP contribution in [0.5, 0.6) is 0 Å². The maximum Gasteiger partial charge on any atom is 0.136 e. The number of nitriles is 1. The van der Waals surface area contributed by atoms with Gasteiger partial charge in [-0.25, -0.2) is 0 Å². The minimum absolute atomic E-state index is 0.260. The van der Waals surface area contributed by atoms with Crippen LogP contribution in [0.1, 0.15) is 72.1 Å². The molecule has 2 nitrogen and oxygen atoms in total. The van der Waals surface area contributed by atoms with Crippen LogP contribution in [0, 0.1) is 51.8 Å². The first kappa shape index (κ1) is 16.4. The summed E-state index contributed by atoms with van der Waals surface area (Å²) in [5, 5.41) is 9.15. The number of carbonyl (C=O) groups excluding carboxylic acids is 1. The van der Waals surface area contributed by atoms with E-state index in [1.165, 1.54) is 37.7 Å². The molecule has 2 heteroatoms. The van der Waals surface area contributed by atoms with E-state index in [1.807, 2.05) is 6.08 Å². The second-order valence-corrected chi connectivity index (χ2v) is 9.73. The van der Waals surface area contributed by atoms with Crippen LogP contribution in [-0.4, -0.2) is 5.78 Å². The number of rotatable bonds is 0. The van der Waals surface area contributed by atoms with Gasteiger partial charge in [0.1, 0.15) is 5.78 Å². The molecule has 0 aromatic carbocycles. The summed E-state index contributed by atoms with van der Waals surface area (Å²) in [4.78, 5) is 12.3. The predicted octanol–water partition coefficient (Wildman–Crippen LogP) is 5.29. The van der Waals surface area contributed by atoms with Gasteiger partial charge in [-0.15, -0.1) is 0 Å². The van der Waals surface area contributed by atoms with Crippen LogP contribution in [0.15, 0.2) is 11.6 Å². The Morgan fingerprint density at radius 1 is 1.17 bits per heavy atom. The van der Waals surface area contributed by atoms with Gasteiger partial charge in [0, 0.05) is 18.4 Å². The Morgan fingerprint density at radius 2 is 1.96 bits per heavy atom. The molecule has 0 spiro atoms. The van der Waals surface area contributed by atoms with Crippen LogP contribution >= 0.6 is 0 Å². The fourth-order valence-corrected chi connectivity index (χ4v) is 7.57. The van der Waals surface area contributed by atoms with Crippen LogP contribution in [-0.2, 0) is 4.79 Å². The molecule has 0 bridgehead atoms. The summed E-state index contributed by atoms with van der Waals surface area (Å²) in [6, 6.07) is 2.30. The smallest absolute Gasteiger partial charge is 0.136 e. The van der Waals surface area contributed by atoms with Crippen LogP contribution in [0.3, 0.4) is 0 Å². The molecule has 0 heterocycles. The zero-order valence-electron chi connectivity index (χ0n) is 15.5. The highest BCUT2D eigenvalue weighted by Crippen LogP contribution is 2.67. The molecule has 0 aromatic rings. The lowest BCUT2D eigenvalue weighted by Crippen LogP contribution is -2.54. The Balaban J connectivity index is 1.65. The molecule has 0 radical (unpaired) electrons. The number of hydrogen-bond acceptors (Lipinski definition) is 2. The number of allylic oxidation sites excluding steroid dienone is 2. The molecule has 0 amide bonds. The van der Waals surface area contributed by atoms with Gasteiger partial charge in [-0.3, -0.25) is 4.79 Å². The van der Waals surface area contributed by atoms with E-state index in [9.17, 15) is 4.79 Å². The molecule has 4 aliphatic rings. The van der Waals surface area contributed by atoms with Crippen LogP contribution in [0.25, 0.3) is 0 Å². The minimum Gasteiger partial charge on any atom is -0.299 e. The fourth-order valence-electron chi connectivity index (χ4n) is 7.57. The van der Waals surface area contributed by atoms with Crippen LogP contribution < -0.4 is 0 Å². The van der Waals surface area contributed by atoms with Gasteiger partial charge in [-0.05, 0) is 79.4 Å². The highest BCUT2D eigenvalue weighted by Gasteiger charge is 2.59. The van der Waals surface area contributed by atoms with Gasteiger partial charge in [0.05, 0.1) is 6.07 Å². The molecule has 4 rings (SSSR count). The number of hydrogen-bond donors (Lipinski definition) is 0. The predicted molar refractivity (Wildman–Crippen MR) is 95.0 cm³/mol. The molecule has 0 N–H and O–H groups in total. The summed E-state index contributed by atoms with van der Waals surface area (Å²) in [6.45, 7) is 7.11. The fraction of sp³-hybridized carbons (Fsp3) is 0.818. The number of carbonyl (C=O) groups is 1. The lowest BCUT2D eigenvalue weighted by molar-refractivity contribution is -0.143. The van der Waals surface area contributed by atoms with E-state index in [-0.39, 0.29) is 11.3 Å². The SMILES string of the molecule is C[C@H]1C[C@@]2(C)C(CC[C@@H]3C2CC[C@]2(C)/C(=C\C#N)CCC32)CC1=O. The van der Waals surface area contributed by atoms with Crippen molar-refractivity contribution in [3.63, 3.8) is 0 Å². The number of ketones is 1. The highest BCUT2D eigenvalue weighted by atomic mass is 16.1. The van der Waals surface area contributed by atoms with Crippen molar-refractivity contribution in [1.29, 1.82) is 5.26 Å². The van der Waals surface area contributed by atoms with Crippen molar-refractivity contribution < 1.29 is 4.79 Å². The zero-order chi connectivity index (χ0) is 17.1. The molecule has 0 aliphatic heterocycles. The maximum absolute atomic E-state index is 12.3. The van der Waals surface area contributed by atoms with E-state index in [0.717, 1.165) is 37.0 Å². The molecule has 0 saturated heterocycles. The van der Waals surface area contributed by atoms with Crippen molar-refractivity contribution in [2.75, 3.05) is 0 Å². The van der Waals surface area contributed by atoms with E-state index >= 15 is 0 Å². The van der Waals surface area contributed by atoms with Crippen molar-refractivity contribution in [3.05, 3.63) is 11.6 Å². The molecule has 130 valence electrons. The Morgan fingerprint density at radius 3 is 2.71 bits per heavy atom. The molecule has 4 fully saturated rings. The molecule has 0 aromatic heterocycles. The lowest BCUT2D eigenvalue weighted by Gasteiger charge is -2.60. The molecule has 24 heavy (non-hydrogen) atoms. The van der Waals surface area contributed by atoms with Gasteiger partial charge >= 0.3 is 0 Å². The topological polar surface area (TPSA) is 40.9 Å². The van der Waals surface area contributed by atoms with Crippen LogP contribution in [0.4, 0.5) is 0 Å². The van der Waals surface area contributed by atoms with E-state index in [1.54, 1.807) is 0 Å². The Kier molecular flexibility index (Phi) is 3.72. The normalized spacial score (nSPS) is 52.3. The Bertz CT molecular complexity index is 628. The minimum atomic E-state index is 0.260. The van der Waals surface area contributed by atoms with Crippen molar-refractivity contribution >= 4 is 5.78 Å². The average molecular weight is 325 g/mol. The second kappa shape index (κ2) is 5.45. The summed E-state index contributed by atoms with van der Waals surface area (Å²) in [5.41, 5.74) is 2.07. The van der Waals surface area contributed by atoms with Gasteiger partial charge in [-0.2, -0.15) is 5.26 Å². The standard InChI is InChI=1S/C22H31NO/c1-14-13-22(3)16(12-20(14)24)4-6-17-18-7-5-15(9-11-23)21(18,2)10-8-19(17)22/h9,14,16-19H,4-8,10,12-13H2,1-3H3/b15-9-/t14-,16?,17-,18?,19?,21+,22-/m0/s1. The van der Waals surface area contributed by atoms with E-state index in [4.69, 9.17) is 5.26 Å². The summed E-state index contributed by atoms with van der Waals surface area (Å²) >= 11 is 0. The maximum atomic E-state index is 12.3. The Labute approximate surface area is 146 Å². The third kappa shape index (κ3) is 2.09.